The number of hydrogen-bond acceptors (Lipinski definition) is 6. The van der Waals surface area contributed by atoms with Gasteiger partial charge in [0.2, 0.25) is 0 Å². The molecule has 138 valence electrons. The highest BCUT2D eigenvalue weighted by atomic mass is 32.2. The zero-order valence-corrected chi connectivity index (χ0v) is 16.0. The van der Waals surface area contributed by atoms with Crippen molar-refractivity contribution in [3.63, 3.8) is 0 Å². The van der Waals surface area contributed by atoms with E-state index in [4.69, 9.17) is 16.6 Å². The molecule has 0 saturated carbocycles. The Morgan fingerprint density at radius 1 is 1.07 bits per heavy atom. The maximum atomic E-state index is 12.8. The molecule has 0 N–H and O–H groups in total. The minimum Gasteiger partial charge on any atom is -0.545 e. The van der Waals surface area contributed by atoms with Crippen LogP contribution in [0.4, 0.5) is 5.69 Å². The van der Waals surface area contributed by atoms with Gasteiger partial charge in [0, 0.05) is 11.6 Å². The van der Waals surface area contributed by atoms with Crippen LogP contribution in [0.15, 0.2) is 76.1 Å². The van der Waals surface area contributed by atoms with Gasteiger partial charge < -0.3 is 14.3 Å². The molecule has 1 aliphatic rings. The summed E-state index contributed by atoms with van der Waals surface area (Å²) >= 11 is 6.55. The maximum absolute atomic E-state index is 12.8. The summed E-state index contributed by atoms with van der Waals surface area (Å²) in [5, 5.41) is 11.0. The third-order valence-electron chi connectivity index (χ3n) is 4.09. The van der Waals surface area contributed by atoms with Gasteiger partial charge >= 0.3 is 0 Å². The van der Waals surface area contributed by atoms with E-state index in [1.807, 2.05) is 30.3 Å². The number of carbonyl (C=O) groups is 2. The van der Waals surface area contributed by atoms with Crippen LogP contribution < -0.4 is 10.0 Å². The van der Waals surface area contributed by atoms with E-state index in [0.717, 1.165) is 0 Å². The lowest BCUT2D eigenvalue weighted by molar-refractivity contribution is -0.255. The number of aromatic carboxylic acids is 1. The third kappa shape index (κ3) is 3.49. The van der Waals surface area contributed by atoms with E-state index < -0.39 is 5.97 Å². The van der Waals surface area contributed by atoms with Crippen LogP contribution in [0.1, 0.15) is 16.1 Å². The molecule has 0 atom stereocenters. The fraction of sp³-hybridized carbons (Fsp3) is 0. The number of carboxylic acids is 1. The summed E-state index contributed by atoms with van der Waals surface area (Å²) < 4.78 is 6.23. The molecule has 1 aliphatic heterocycles. The molecule has 1 fully saturated rings. The molecule has 4 rings (SSSR count). The van der Waals surface area contributed by atoms with Crippen LogP contribution in [-0.4, -0.2) is 16.2 Å². The van der Waals surface area contributed by atoms with Crippen molar-refractivity contribution in [2.45, 2.75) is 0 Å². The van der Waals surface area contributed by atoms with E-state index in [-0.39, 0.29) is 11.5 Å². The van der Waals surface area contributed by atoms with Gasteiger partial charge in [-0.15, -0.1) is 0 Å². The number of para-hydroxylation sites is 1. The average molecular weight is 406 g/mol. The third-order valence-corrected chi connectivity index (χ3v) is 5.39. The van der Waals surface area contributed by atoms with Crippen molar-refractivity contribution in [1.82, 2.24) is 0 Å². The molecule has 5 nitrogen and oxygen atoms in total. The minimum absolute atomic E-state index is 0.0687. The van der Waals surface area contributed by atoms with Crippen LogP contribution in [0.3, 0.4) is 0 Å². The Labute approximate surface area is 170 Å². The zero-order chi connectivity index (χ0) is 19.7. The summed E-state index contributed by atoms with van der Waals surface area (Å²) in [6, 6.07) is 18.9. The molecule has 0 aliphatic carbocycles. The fourth-order valence-corrected chi connectivity index (χ4v) is 4.06. The number of amides is 1. The van der Waals surface area contributed by atoms with Gasteiger partial charge in [0.25, 0.3) is 5.91 Å². The lowest BCUT2D eigenvalue weighted by atomic mass is 10.1. The van der Waals surface area contributed by atoms with Crippen LogP contribution in [0.25, 0.3) is 17.4 Å². The van der Waals surface area contributed by atoms with Crippen molar-refractivity contribution in [3.05, 3.63) is 83.0 Å². The molecule has 0 unspecified atom stereocenters. The standard InChI is InChI=1S/C21H13NO4S2/c23-19-18(28-21(27)22(19)15-7-2-1-3-8-15)12-16-9-10-17(26-16)13-5-4-6-14(11-13)20(24)25/h1-12H,(H,24,25)/p-1/b18-12+. The van der Waals surface area contributed by atoms with Gasteiger partial charge in [0.1, 0.15) is 11.5 Å². The van der Waals surface area contributed by atoms with Crippen molar-refractivity contribution in [1.29, 1.82) is 0 Å². The Kier molecular flexibility index (Phi) is 4.85. The number of thioether (sulfide) groups is 1. The number of carboxylic acid groups (broad SMARTS) is 1. The summed E-state index contributed by atoms with van der Waals surface area (Å²) in [6.07, 6.45) is 1.63. The number of carbonyl (C=O) groups excluding carboxylic acids is 2. The first-order valence-corrected chi connectivity index (χ1v) is 9.50. The van der Waals surface area contributed by atoms with Gasteiger partial charge in [-0.1, -0.05) is 60.4 Å². The van der Waals surface area contributed by atoms with E-state index in [2.05, 4.69) is 0 Å². The fourth-order valence-electron chi connectivity index (χ4n) is 2.78. The molecule has 0 spiro atoms. The summed E-state index contributed by atoms with van der Waals surface area (Å²) in [4.78, 5) is 25.7. The van der Waals surface area contributed by atoms with E-state index in [1.54, 1.807) is 30.3 Å². The molecule has 2 heterocycles. The Morgan fingerprint density at radius 2 is 1.86 bits per heavy atom. The van der Waals surface area contributed by atoms with E-state index in [1.165, 1.54) is 28.8 Å². The molecule has 1 amide bonds. The number of nitrogens with zero attached hydrogens (tertiary/aromatic N) is 1. The van der Waals surface area contributed by atoms with Crippen LogP contribution in [0.5, 0.6) is 0 Å². The summed E-state index contributed by atoms with van der Waals surface area (Å²) in [7, 11) is 0. The van der Waals surface area contributed by atoms with E-state index in [0.29, 0.717) is 32.0 Å². The number of rotatable bonds is 4. The second-order valence-corrected chi connectivity index (χ2v) is 7.60. The second-order valence-electron chi connectivity index (χ2n) is 5.92. The van der Waals surface area contributed by atoms with E-state index in [9.17, 15) is 14.7 Å². The predicted molar refractivity (Wildman–Crippen MR) is 111 cm³/mol. The summed E-state index contributed by atoms with van der Waals surface area (Å²) in [5.74, 6) is -0.494. The molecule has 0 radical (unpaired) electrons. The van der Waals surface area contributed by atoms with Crippen LogP contribution >= 0.6 is 24.0 Å². The van der Waals surface area contributed by atoms with Crippen molar-refractivity contribution in [2.24, 2.45) is 0 Å². The molecule has 0 bridgehead atoms. The topological polar surface area (TPSA) is 73.6 Å². The molecule has 7 heteroatoms. The van der Waals surface area contributed by atoms with Gasteiger partial charge in [-0.05, 0) is 35.9 Å². The number of furan rings is 1. The molecular formula is C21H12NO4S2-. The smallest absolute Gasteiger partial charge is 0.270 e. The first-order chi connectivity index (χ1) is 13.5. The molecular weight excluding hydrogens is 394 g/mol. The van der Waals surface area contributed by atoms with Gasteiger partial charge in [-0.25, -0.2) is 0 Å². The molecule has 2 aromatic carbocycles. The highest BCUT2D eigenvalue weighted by Gasteiger charge is 2.33. The first kappa shape index (κ1) is 18.2. The van der Waals surface area contributed by atoms with E-state index >= 15 is 0 Å². The monoisotopic (exact) mass is 406 g/mol. The SMILES string of the molecule is O=C([O-])c1cccc(-c2ccc(/C=C3/SC(=S)N(c4ccccc4)C3=O)o2)c1. The number of benzene rings is 2. The Bertz CT molecular complexity index is 1120. The second kappa shape index (κ2) is 7.46. The normalized spacial score (nSPS) is 15.4. The van der Waals surface area contributed by atoms with Gasteiger partial charge in [0.05, 0.1) is 16.6 Å². The lowest BCUT2D eigenvalue weighted by Gasteiger charge is -2.13. The Hall–Kier alpha value is -3.16. The van der Waals surface area contributed by atoms with Gasteiger partial charge in [0.15, 0.2) is 4.32 Å². The van der Waals surface area contributed by atoms with Crippen molar-refractivity contribution in [3.8, 4) is 11.3 Å². The van der Waals surface area contributed by atoms with Crippen molar-refractivity contribution in [2.75, 3.05) is 4.90 Å². The zero-order valence-electron chi connectivity index (χ0n) is 14.3. The van der Waals surface area contributed by atoms with Crippen LogP contribution in [0.2, 0.25) is 0 Å². The lowest BCUT2D eigenvalue weighted by Crippen LogP contribution is -2.27. The molecule has 28 heavy (non-hydrogen) atoms. The summed E-state index contributed by atoms with van der Waals surface area (Å²) in [5.41, 5.74) is 1.39. The highest BCUT2D eigenvalue weighted by molar-refractivity contribution is 8.27. The molecule has 3 aromatic rings. The maximum Gasteiger partial charge on any atom is 0.270 e. The highest BCUT2D eigenvalue weighted by Crippen LogP contribution is 2.36. The Morgan fingerprint density at radius 3 is 2.61 bits per heavy atom. The van der Waals surface area contributed by atoms with Crippen molar-refractivity contribution < 1.29 is 19.1 Å². The largest absolute Gasteiger partial charge is 0.545 e. The number of hydrogen-bond donors (Lipinski definition) is 0. The molecule has 1 saturated heterocycles. The van der Waals surface area contributed by atoms with Crippen LogP contribution in [-0.2, 0) is 4.79 Å². The molecule has 1 aromatic heterocycles. The number of thiocarbonyl (C=S) groups is 1. The van der Waals surface area contributed by atoms with Gasteiger partial charge in [-0.3, -0.25) is 9.69 Å². The first-order valence-electron chi connectivity index (χ1n) is 8.27. The summed E-state index contributed by atoms with van der Waals surface area (Å²) in [6.45, 7) is 0. The van der Waals surface area contributed by atoms with Gasteiger partial charge in [-0.2, -0.15) is 0 Å². The number of anilines is 1. The minimum atomic E-state index is -1.25. The predicted octanol–water partition coefficient (Wildman–Crippen LogP) is 3.72. The Balaban J connectivity index is 1.61. The quantitative estimate of drug-likeness (QED) is 0.486. The average Bonchev–Trinajstić information content (AvgIpc) is 3.27. The van der Waals surface area contributed by atoms with Crippen LogP contribution in [0, 0.1) is 0 Å². The van der Waals surface area contributed by atoms with Crippen molar-refractivity contribution >= 4 is 51.9 Å².